The van der Waals surface area contributed by atoms with Crippen molar-refractivity contribution < 1.29 is 14.3 Å². The second kappa shape index (κ2) is 10.3. The third kappa shape index (κ3) is 7.18. The zero-order chi connectivity index (χ0) is 17.9. The maximum Gasteiger partial charge on any atom is 0.251 e. The quantitative estimate of drug-likeness (QED) is 0.690. The summed E-state index contributed by atoms with van der Waals surface area (Å²) in [6.45, 7) is 3.71. The summed E-state index contributed by atoms with van der Waals surface area (Å²) in [5.74, 6) is -0.176. The fraction of sp³-hybridized carbons (Fsp3) is 0.300. The number of carbonyl (C=O) groups is 2. The minimum atomic E-state index is -0.103. The molecule has 0 spiro atoms. The summed E-state index contributed by atoms with van der Waals surface area (Å²) >= 11 is 0. The topological polar surface area (TPSA) is 67.4 Å². The lowest BCUT2D eigenvalue weighted by molar-refractivity contribution is -0.119. The molecule has 25 heavy (non-hydrogen) atoms. The summed E-state index contributed by atoms with van der Waals surface area (Å²) in [4.78, 5) is 22.9. The van der Waals surface area contributed by atoms with Gasteiger partial charge in [-0.2, -0.15) is 0 Å². The predicted molar refractivity (Wildman–Crippen MR) is 97.0 cm³/mol. The Hall–Kier alpha value is -2.66. The van der Waals surface area contributed by atoms with Gasteiger partial charge in [-0.25, -0.2) is 0 Å². The van der Waals surface area contributed by atoms with Crippen LogP contribution in [0.2, 0.25) is 0 Å². The lowest BCUT2D eigenvalue weighted by Crippen LogP contribution is -2.25. The molecule has 0 unspecified atom stereocenters. The molecule has 0 aliphatic carbocycles. The van der Waals surface area contributed by atoms with Gasteiger partial charge in [-0.15, -0.1) is 0 Å². The SMILES string of the molecule is CC(=O)NCc1ccc(C(=O)NCCCOCc2ccccc2)cc1. The van der Waals surface area contributed by atoms with Crippen LogP contribution in [-0.2, 0) is 22.7 Å². The van der Waals surface area contributed by atoms with Gasteiger partial charge in [0, 0.05) is 32.2 Å². The molecule has 5 nitrogen and oxygen atoms in total. The Labute approximate surface area is 148 Å². The Morgan fingerprint density at radius 2 is 1.64 bits per heavy atom. The predicted octanol–water partition coefficient (Wildman–Crippen LogP) is 2.66. The number of nitrogens with one attached hydrogen (secondary N) is 2. The van der Waals surface area contributed by atoms with Crippen molar-refractivity contribution in [1.82, 2.24) is 10.6 Å². The van der Waals surface area contributed by atoms with E-state index in [1.165, 1.54) is 6.92 Å². The zero-order valence-electron chi connectivity index (χ0n) is 14.5. The van der Waals surface area contributed by atoms with Gasteiger partial charge >= 0.3 is 0 Å². The fourth-order valence-corrected chi connectivity index (χ4v) is 2.24. The number of ether oxygens (including phenoxy) is 1. The smallest absolute Gasteiger partial charge is 0.251 e. The summed E-state index contributed by atoms with van der Waals surface area (Å²) in [5.41, 5.74) is 2.71. The molecule has 0 atom stereocenters. The number of hydrogen-bond donors (Lipinski definition) is 2. The molecular formula is C20H24N2O3. The van der Waals surface area contributed by atoms with E-state index >= 15 is 0 Å². The third-order valence-electron chi connectivity index (χ3n) is 3.62. The van der Waals surface area contributed by atoms with E-state index in [1.54, 1.807) is 12.1 Å². The monoisotopic (exact) mass is 340 g/mol. The van der Waals surface area contributed by atoms with Gasteiger partial charge in [0.2, 0.25) is 5.91 Å². The van der Waals surface area contributed by atoms with E-state index in [1.807, 2.05) is 42.5 Å². The molecule has 132 valence electrons. The molecule has 0 aliphatic rings. The fourth-order valence-electron chi connectivity index (χ4n) is 2.24. The first kappa shape index (κ1) is 18.7. The van der Waals surface area contributed by atoms with Gasteiger partial charge < -0.3 is 15.4 Å². The molecule has 0 saturated carbocycles. The Kier molecular flexibility index (Phi) is 7.66. The van der Waals surface area contributed by atoms with E-state index in [0.717, 1.165) is 17.5 Å². The molecule has 0 saturated heterocycles. The second-order valence-electron chi connectivity index (χ2n) is 5.75. The second-order valence-corrected chi connectivity index (χ2v) is 5.75. The van der Waals surface area contributed by atoms with Crippen LogP contribution >= 0.6 is 0 Å². The number of carbonyl (C=O) groups excluding carboxylic acids is 2. The lowest BCUT2D eigenvalue weighted by Gasteiger charge is -2.07. The third-order valence-corrected chi connectivity index (χ3v) is 3.62. The van der Waals surface area contributed by atoms with Crippen LogP contribution in [-0.4, -0.2) is 25.0 Å². The van der Waals surface area contributed by atoms with E-state index in [0.29, 0.717) is 31.9 Å². The van der Waals surface area contributed by atoms with Crippen LogP contribution < -0.4 is 10.6 Å². The Morgan fingerprint density at radius 1 is 0.920 bits per heavy atom. The molecule has 2 aromatic carbocycles. The maximum absolute atomic E-state index is 12.1. The van der Waals surface area contributed by atoms with E-state index in [9.17, 15) is 9.59 Å². The molecule has 0 heterocycles. The van der Waals surface area contributed by atoms with Crippen molar-refractivity contribution in [3.63, 3.8) is 0 Å². The van der Waals surface area contributed by atoms with Gasteiger partial charge in [0.15, 0.2) is 0 Å². The molecule has 2 rings (SSSR count). The van der Waals surface area contributed by atoms with Crippen LogP contribution in [0.3, 0.4) is 0 Å². The highest BCUT2D eigenvalue weighted by Gasteiger charge is 2.04. The van der Waals surface area contributed by atoms with Gasteiger partial charge in [0.05, 0.1) is 6.61 Å². The van der Waals surface area contributed by atoms with Crippen molar-refractivity contribution in [1.29, 1.82) is 0 Å². The van der Waals surface area contributed by atoms with Crippen molar-refractivity contribution in [2.24, 2.45) is 0 Å². The summed E-state index contributed by atoms with van der Waals surface area (Å²) in [6.07, 6.45) is 0.763. The van der Waals surface area contributed by atoms with Crippen LogP contribution in [0.5, 0.6) is 0 Å². The Morgan fingerprint density at radius 3 is 2.32 bits per heavy atom. The molecule has 5 heteroatoms. The zero-order valence-corrected chi connectivity index (χ0v) is 14.5. The normalized spacial score (nSPS) is 10.3. The van der Waals surface area contributed by atoms with E-state index in [4.69, 9.17) is 4.74 Å². The van der Waals surface area contributed by atoms with Crippen LogP contribution in [0.25, 0.3) is 0 Å². The number of hydrogen-bond acceptors (Lipinski definition) is 3. The first-order valence-corrected chi connectivity index (χ1v) is 8.38. The minimum absolute atomic E-state index is 0.0729. The van der Waals surface area contributed by atoms with Crippen molar-refractivity contribution in [3.05, 3.63) is 71.3 Å². The van der Waals surface area contributed by atoms with Crippen LogP contribution in [0.4, 0.5) is 0 Å². The van der Waals surface area contributed by atoms with E-state index in [-0.39, 0.29) is 11.8 Å². The van der Waals surface area contributed by atoms with Crippen LogP contribution in [0.15, 0.2) is 54.6 Å². The van der Waals surface area contributed by atoms with Gasteiger partial charge in [0.1, 0.15) is 0 Å². The minimum Gasteiger partial charge on any atom is -0.377 e. The van der Waals surface area contributed by atoms with Crippen molar-refractivity contribution >= 4 is 11.8 Å². The highest BCUT2D eigenvalue weighted by Crippen LogP contribution is 2.05. The lowest BCUT2D eigenvalue weighted by atomic mass is 10.1. The van der Waals surface area contributed by atoms with Crippen LogP contribution in [0.1, 0.15) is 34.8 Å². The average Bonchev–Trinajstić information content (AvgIpc) is 2.64. The summed E-state index contributed by atoms with van der Waals surface area (Å²) in [6, 6.07) is 17.2. The molecule has 0 fully saturated rings. The van der Waals surface area contributed by atoms with Crippen molar-refractivity contribution in [2.75, 3.05) is 13.2 Å². The molecule has 0 aliphatic heterocycles. The standard InChI is InChI=1S/C20H24N2O3/c1-16(23)22-14-17-8-10-19(11-9-17)20(24)21-12-5-13-25-15-18-6-3-2-4-7-18/h2-4,6-11H,5,12-15H2,1H3,(H,21,24)(H,22,23). The molecular weight excluding hydrogens is 316 g/mol. The van der Waals surface area contributed by atoms with Gasteiger partial charge in [0.25, 0.3) is 5.91 Å². The van der Waals surface area contributed by atoms with Crippen molar-refractivity contribution in [3.8, 4) is 0 Å². The number of benzene rings is 2. The largest absolute Gasteiger partial charge is 0.377 e. The van der Waals surface area contributed by atoms with E-state index < -0.39 is 0 Å². The van der Waals surface area contributed by atoms with E-state index in [2.05, 4.69) is 10.6 Å². The Balaban J connectivity index is 1.62. The van der Waals surface area contributed by atoms with Crippen LogP contribution in [0, 0.1) is 0 Å². The molecule has 0 aromatic heterocycles. The molecule has 2 aromatic rings. The van der Waals surface area contributed by atoms with Gasteiger partial charge in [-0.1, -0.05) is 42.5 Å². The number of amides is 2. The average molecular weight is 340 g/mol. The maximum atomic E-state index is 12.1. The molecule has 0 radical (unpaired) electrons. The molecule has 2 N–H and O–H groups in total. The highest BCUT2D eigenvalue weighted by molar-refractivity contribution is 5.94. The summed E-state index contributed by atoms with van der Waals surface area (Å²) < 4.78 is 5.58. The first-order chi connectivity index (χ1) is 12.1. The molecule has 0 bridgehead atoms. The number of rotatable bonds is 9. The highest BCUT2D eigenvalue weighted by atomic mass is 16.5. The summed E-state index contributed by atoms with van der Waals surface area (Å²) in [7, 11) is 0. The first-order valence-electron chi connectivity index (χ1n) is 8.38. The van der Waals surface area contributed by atoms with Gasteiger partial charge in [-0.3, -0.25) is 9.59 Å². The Bertz CT molecular complexity index is 669. The van der Waals surface area contributed by atoms with Gasteiger partial charge in [-0.05, 0) is 29.7 Å². The molecule has 2 amide bonds. The summed E-state index contributed by atoms with van der Waals surface area (Å²) in [5, 5.41) is 5.60. The van der Waals surface area contributed by atoms with Crippen molar-refractivity contribution in [2.45, 2.75) is 26.5 Å².